The van der Waals surface area contributed by atoms with E-state index in [0.717, 1.165) is 30.4 Å². The monoisotopic (exact) mass is 322 g/mol. The zero-order valence-corrected chi connectivity index (χ0v) is 14.0. The fourth-order valence-electron chi connectivity index (χ4n) is 2.71. The van der Waals surface area contributed by atoms with Crippen LogP contribution in [0.4, 0.5) is 0 Å². The summed E-state index contributed by atoms with van der Waals surface area (Å²) < 4.78 is 2.30. The van der Waals surface area contributed by atoms with Crippen LogP contribution in [-0.4, -0.2) is 20.8 Å². The lowest BCUT2D eigenvalue weighted by Crippen LogP contribution is -2.25. The summed E-state index contributed by atoms with van der Waals surface area (Å²) in [6, 6.07) is 2.32. The Bertz CT molecular complexity index is 564. The molecule has 0 aromatic carbocycles. The van der Waals surface area contributed by atoms with E-state index in [2.05, 4.69) is 38.5 Å². The minimum atomic E-state index is 0.142. The molecule has 114 valence electrons. The molecule has 2 aromatic heterocycles. The lowest BCUT2D eigenvalue weighted by atomic mass is 10.1. The normalized spacial score (nSPS) is 18.0. The zero-order chi connectivity index (χ0) is 14.7. The minimum Gasteiger partial charge on any atom is -0.326 e. The van der Waals surface area contributed by atoms with Gasteiger partial charge in [-0.1, -0.05) is 25.1 Å². The van der Waals surface area contributed by atoms with Gasteiger partial charge in [0.25, 0.3) is 0 Å². The standard InChI is InChI=1S/C15H22N4S2/c1-2-12(16)14(11-7-9-20-10-11)21-15-18-17-13-6-4-3-5-8-19(13)15/h7,9-10,12,14H,2-6,8,16H2,1H3. The Hall–Kier alpha value is -0.850. The van der Waals surface area contributed by atoms with Crippen LogP contribution in [0.2, 0.25) is 0 Å². The first-order chi connectivity index (χ1) is 10.3. The maximum Gasteiger partial charge on any atom is 0.191 e. The first kappa shape index (κ1) is 15.1. The molecule has 2 unspecified atom stereocenters. The van der Waals surface area contributed by atoms with E-state index in [-0.39, 0.29) is 11.3 Å². The van der Waals surface area contributed by atoms with E-state index in [1.165, 1.54) is 24.8 Å². The Morgan fingerprint density at radius 1 is 1.38 bits per heavy atom. The van der Waals surface area contributed by atoms with Crippen molar-refractivity contribution in [2.24, 2.45) is 5.73 Å². The van der Waals surface area contributed by atoms with Crippen LogP contribution in [0.15, 0.2) is 22.0 Å². The largest absolute Gasteiger partial charge is 0.326 e. The SMILES string of the molecule is CCC(N)C(Sc1nnc2n1CCCCC2)c1ccsc1. The molecule has 2 aromatic rings. The molecule has 1 aliphatic heterocycles. The van der Waals surface area contributed by atoms with Gasteiger partial charge in [0.15, 0.2) is 5.16 Å². The third-order valence-electron chi connectivity index (χ3n) is 4.04. The molecule has 0 amide bonds. The molecule has 4 nitrogen and oxygen atoms in total. The quantitative estimate of drug-likeness (QED) is 0.854. The van der Waals surface area contributed by atoms with Gasteiger partial charge in [0.2, 0.25) is 0 Å². The van der Waals surface area contributed by atoms with Crippen molar-refractivity contribution in [3.63, 3.8) is 0 Å². The first-order valence-electron chi connectivity index (χ1n) is 7.66. The predicted molar refractivity (Wildman–Crippen MR) is 88.8 cm³/mol. The van der Waals surface area contributed by atoms with E-state index in [1.807, 2.05) is 0 Å². The van der Waals surface area contributed by atoms with Crippen molar-refractivity contribution < 1.29 is 0 Å². The van der Waals surface area contributed by atoms with Gasteiger partial charge in [-0.05, 0) is 41.7 Å². The van der Waals surface area contributed by atoms with Crippen LogP contribution in [0.25, 0.3) is 0 Å². The summed E-state index contributed by atoms with van der Waals surface area (Å²) in [5, 5.41) is 14.4. The van der Waals surface area contributed by atoms with E-state index in [1.54, 1.807) is 23.1 Å². The van der Waals surface area contributed by atoms with Gasteiger partial charge in [-0.15, -0.1) is 10.2 Å². The van der Waals surface area contributed by atoms with Crippen molar-refractivity contribution in [3.8, 4) is 0 Å². The maximum absolute atomic E-state index is 6.36. The summed E-state index contributed by atoms with van der Waals surface area (Å²) in [6.45, 7) is 3.19. The van der Waals surface area contributed by atoms with E-state index >= 15 is 0 Å². The average molecular weight is 323 g/mol. The molecule has 3 heterocycles. The Morgan fingerprint density at radius 3 is 3.05 bits per heavy atom. The number of thiophene rings is 1. The number of nitrogens with zero attached hydrogens (tertiary/aromatic N) is 3. The lowest BCUT2D eigenvalue weighted by molar-refractivity contribution is 0.585. The molecule has 0 bridgehead atoms. The summed E-state index contributed by atoms with van der Waals surface area (Å²) >= 11 is 3.51. The van der Waals surface area contributed by atoms with Crippen molar-refractivity contribution in [1.82, 2.24) is 14.8 Å². The zero-order valence-electron chi connectivity index (χ0n) is 12.4. The smallest absolute Gasteiger partial charge is 0.191 e. The van der Waals surface area contributed by atoms with Gasteiger partial charge in [-0.2, -0.15) is 11.3 Å². The molecule has 2 N–H and O–H groups in total. The molecule has 0 aliphatic carbocycles. The second-order valence-electron chi connectivity index (χ2n) is 5.53. The minimum absolute atomic E-state index is 0.142. The third kappa shape index (κ3) is 3.33. The molecule has 0 fully saturated rings. The van der Waals surface area contributed by atoms with Gasteiger partial charge in [-0.25, -0.2) is 0 Å². The topological polar surface area (TPSA) is 56.7 Å². The third-order valence-corrected chi connectivity index (χ3v) is 6.13. The fourth-order valence-corrected chi connectivity index (χ4v) is 4.78. The molecular weight excluding hydrogens is 300 g/mol. The summed E-state index contributed by atoms with van der Waals surface area (Å²) in [7, 11) is 0. The molecule has 0 saturated heterocycles. The molecule has 1 aliphatic rings. The van der Waals surface area contributed by atoms with Crippen LogP contribution in [0, 0.1) is 0 Å². The van der Waals surface area contributed by atoms with Crippen LogP contribution >= 0.6 is 23.1 Å². The maximum atomic E-state index is 6.36. The van der Waals surface area contributed by atoms with Crippen LogP contribution in [0.5, 0.6) is 0 Å². The highest BCUT2D eigenvalue weighted by Gasteiger charge is 2.24. The van der Waals surface area contributed by atoms with Gasteiger partial charge in [0, 0.05) is 19.0 Å². The molecular formula is C15H22N4S2. The summed E-state index contributed by atoms with van der Waals surface area (Å²) in [5.74, 6) is 1.14. The van der Waals surface area contributed by atoms with Crippen molar-refractivity contribution in [2.75, 3.05) is 0 Å². The first-order valence-corrected chi connectivity index (χ1v) is 9.48. The van der Waals surface area contributed by atoms with Crippen molar-refractivity contribution in [3.05, 3.63) is 28.2 Å². The second kappa shape index (κ2) is 6.94. The van der Waals surface area contributed by atoms with E-state index < -0.39 is 0 Å². The molecule has 0 radical (unpaired) electrons. The number of hydrogen-bond acceptors (Lipinski definition) is 5. The van der Waals surface area contributed by atoms with Crippen LogP contribution in [0.1, 0.15) is 49.2 Å². The molecule has 0 spiro atoms. The number of fused-ring (bicyclic) bond motifs is 1. The molecule has 6 heteroatoms. The average Bonchev–Trinajstić information content (AvgIpc) is 3.09. The van der Waals surface area contributed by atoms with E-state index in [9.17, 15) is 0 Å². The lowest BCUT2D eigenvalue weighted by Gasteiger charge is -2.21. The second-order valence-corrected chi connectivity index (χ2v) is 7.42. The fraction of sp³-hybridized carbons (Fsp3) is 0.600. The highest BCUT2D eigenvalue weighted by Crippen LogP contribution is 2.38. The van der Waals surface area contributed by atoms with E-state index in [4.69, 9.17) is 5.73 Å². The van der Waals surface area contributed by atoms with Gasteiger partial charge >= 0.3 is 0 Å². The summed E-state index contributed by atoms with van der Waals surface area (Å²) in [5.41, 5.74) is 7.67. The van der Waals surface area contributed by atoms with Gasteiger partial charge in [-0.3, -0.25) is 0 Å². The number of nitrogens with two attached hydrogens (primary N) is 1. The Kier molecular flexibility index (Phi) is 4.98. The van der Waals surface area contributed by atoms with Gasteiger partial charge in [0.1, 0.15) is 5.82 Å². The summed E-state index contributed by atoms with van der Waals surface area (Å²) in [6.07, 6.45) is 5.76. The Labute approximate surface area is 134 Å². The van der Waals surface area contributed by atoms with Crippen LogP contribution in [0.3, 0.4) is 0 Å². The predicted octanol–water partition coefficient (Wildman–Crippen LogP) is 3.64. The Morgan fingerprint density at radius 2 is 2.29 bits per heavy atom. The summed E-state index contributed by atoms with van der Waals surface area (Å²) in [4.78, 5) is 0. The van der Waals surface area contributed by atoms with Crippen LogP contribution in [-0.2, 0) is 13.0 Å². The van der Waals surface area contributed by atoms with E-state index in [0.29, 0.717) is 0 Å². The molecule has 0 saturated carbocycles. The highest BCUT2D eigenvalue weighted by molar-refractivity contribution is 7.99. The number of rotatable bonds is 5. The molecule has 3 rings (SSSR count). The number of thioether (sulfide) groups is 1. The molecule has 21 heavy (non-hydrogen) atoms. The number of hydrogen-bond donors (Lipinski definition) is 1. The van der Waals surface area contributed by atoms with Crippen molar-refractivity contribution in [2.45, 2.75) is 62.0 Å². The van der Waals surface area contributed by atoms with Crippen molar-refractivity contribution in [1.29, 1.82) is 0 Å². The number of aryl methyl sites for hydroxylation is 1. The highest BCUT2D eigenvalue weighted by atomic mass is 32.2. The Balaban J connectivity index is 1.85. The van der Waals surface area contributed by atoms with Gasteiger partial charge < -0.3 is 10.3 Å². The molecule has 2 atom stereocenters. The van der Waals surface area contributed by atoms with Gasteiger partial charge in [0.05, 0.1) is 5.25 Å². The number of aromatic nitrogens is 3. The van der Waals surface area contributed by atoms with Crippen molar-refractivity contribution >= 4 is 23.1 Å². The van der Waals surface area contributed by atoms with Crippen LogP contribution < -0.4 is 5.73 Å².